The Kier molecular flexibility index (Phi) is 3.17. The van der Waals surface area contributed by atoms with Crippen molar-refractivity contribution in [2.75, 3.05) is 11.6 Å². The van der Waals surface area contributed by atoms with Crippen molar-refractivity contribution in [3.63, 3.8) is 0 Å². The van der Waals surface area contributed by atoms with Crippen molar-refractivity contribution in [1.29, 1.82) is 0 Å². The fraction of sp³-hybridized carbons (Fsp3) is 0.286. The van der Waals surface area contributed by atoms with Crippen LogP contribution in [-0.4, -0.2) is 24.6 Å². The first-order chi connectivity index (χ1) is 9.54. The summed E-state index contributed by atoms with van der Waals surface area (Å²) in [7, 11) is -3.16. The second-order valence-corrected chi connectivity index (χ2v) is 6.94. The van der Waals surface area contributed by atoms with Gasteiger partial charge in [0, 0.05) is 23.2 Å². The van der Waals surface area contributed by atoms with Crippen molar-refractivity contribution in [3.05, 3.63) is 41.9 Å². The molecule has 0 radical (unpaired) electrons. The van der Waals surface area contributed by atoms with E-state index in [1.165, 1.54) is 11.8 Å². The van der Waals surface area contributed by atoms with Gasteiger partial charge in [-0.25, -0.2) is 18.4 Å². The highest BCUT2D eigenvalue weighted by molar-refractivity contribution is 7.90. The van der Waals surface area contributed by atoms with Crippen molar-refractivity contribution in [3.8, 4) is 0 Å². The highest BCUT2D eigenvalue weighted by Crippen LogP contribution is 2.27. The molecule has 0 saturated heterocycles. The van der Waals surface area contributed by atoms with E-state index in [2.05, 4.69) is 15.3 Å². The Morgan fingerprint density at radius 3 is 2.55 bits per heavy atom. The van der Waals surface area contributed by atoms with Gasteiger partial charge in [0.2, 0.25) is 0 Å². The summed E-state index contributed by atoms with van der Waals surface area (Å²) in [6.07, 6.45) is 5.86. The van der Waals surface area contributed by atoms with Crippen LogP contribution in [0.15, 0.2) is 35.5 Å². The van der Waals surface area contributed by atoms with Gasteiger partial charge in [0.05, 0.1) is 4.90 Å². The van der Waals surface area contributed by atoms with E-state index in [1.54, 1.807) is 30.6 Å². The summed E-state index contributed by atoms with van der Waals surface area (Å²) in [5.74, 6) is 0.819. The number of hydrogen-bond donors (Lipinski definition) is 1. The quantitative estimate of drug-likeness (QED) is 0.937. The first-order valence-electron chi connectivity index (χ1n) is 6.44. The summed E-state index contributed by atoms with van der Waals surface area (Å²) in [5, 5.41) is 3.24. The Bertz CT molecular complexity index is 740. The lowest BCUT2D eigenvalue weighted by molar-refractivity contribution is 0.602. The molecule has 5 nitrogen and oxygen atoms in total. The molecule has 1 aromatic heterocycles. The maximum atomic E-state index is 11.4. The summed E-state index contributed by atoms with van der Waals surface area (Å²) in [5.41, 5.74) is 3.10. The van der Waals surface area contributed by atoms with E-state index in [0.29, 0.717) is 4.90 Å². The largest absolute Gasteiger partial charge is 0.340 e. The van der Waals surface area contributed by atoms with Crippen LogP contribution in [0.1, 0.15) is 17.7 Å². The number of aryl methyl sites for hydroxylation is 1. The lowest BCUT2D eigenvalue weighted by Gasteiger charge is -2.09. The Morgan fingerprint density at radius 1 is 1.10 bits per heavy atom. The SMILES string of the molecule is CS(=O)(=O)c1ccc(Nc2ncnc3c2CCC3)cc1. The molecule has 0 bridgehead atoms. The van der Waals surface area contributed by atoms with Crippen molar-refractivity contribution < 1.29 is 8.42 Å². The fourth-order valence-electron chi connectivity index (χ4n) is 2.39. The standard InChI is InChI=1S/C14H15N3O2S/c1-20(18,19)11-7-5-10(6-8-11)17-14-12-3-2-4-13(12)15-9-16-14/h5-9H,2-4H2,1H3,(H,15,16,17). The smallest absolute Gasteiger partial charge is 0.175 e. The molecule has 0 fully saturated rings. The Labute approximate surface area is 118 Å². The lowest BCUT2D eigenvalue weighted by Crippen LogP contribution is -2.01. The van der Waals surface area contributed by atoms with Gasteiger partial charge in [-0.1, -0.05) is 0 Å². The average molecular weight is 289 g/mol. The number of anilines is 2. The van der Waals surface area contributed by atoms with Crippen LogP contribution >= 0.6 is 0 Å². The van der Waals surface area contributed by atoms with Gasteiger partial charge in [-0.05, 0) is 43.5 Å². The predicted octanol–water partition coefficient (Wildman–Crippen LogP) is 2.11. The average Bonchev–Trinajstić information content (AvgIpc) is 2.88. The third-order valence-corrected chi connectivity index (χ3v) is 4.55. The van der Waals surface area contributed by atoms with Gasteiger partial charge in [-0.3, -0.25) is 0 Å². The summed E-state index contributed by atoms with van der Waals surface area (Å²) in [6, 6.07) is 6.69. The maximum Gasteiger partial charge on any atom is 0.175 e. The molecule has 1 aliphatic carbocycles. The Hall–Kier alpha value is -1.95. The van der Waals surface area contributed by atoms with E-state index in [4.69, 9.17) is 0 Å². The zero-order valence-corrected chi connectivity index (χ0v) is 11.9. The molecule has 0 spiro atoms. The second-order valence-electron chi connectivity index (χ2n) is 4.92. The number of hydrogen-bond acceptors (Lipinski definition) is 5. The number of sulfone groups is 1. The summed E-state index contributed by atoms with van der Waals surface area (Å²) < 4.78 is 22.8. The highest BCUT2D eigenvalue weighted by Gasteiger charge is 2.17. The van der Waals surface area contributed by atoms with Gasteiger partial charge < -0.3 is 5.32 Å². The van der Waals surface area contributed by atoms with Crippen LogP contribution in [0.4, 0.5) is 11.5 Å². The van der Waals surface area contributed by atoms with Crippen LogP contribution in [0, 0.1) is 0 Å². The molecular weight excluding hydrogens is 274 g/mol. The van der Waals surface area contributed by atoms with E-state index >= 15 is 0 Å². The minimum absolute atomic E-state index is 0.316. The molecule has 2 aromatic rings. The minimum atomic E-state index is -3.16. The molecule has 1 aromatic carbocycles. The number of nitrogens with one attached hydrogen (secondary N) is 1. The molecule has 3 rings (SSSR count). The molecule has 0 aliphatic heterocycles. The number of nitrogens with zero attached hydrogens (tertiary/aromatic N) is 2. The number of aromatic nitrogens is 2. The van der Waals surface area contributed by atoms with Gasteiger partial charge in [0.15, 0.2) is 9.84 Å². The molecule has 1 N–H and O–H groups in total. The van der Waals surface area contributed by atoms with Gasteiger partial charge in [0.1, 0.15) is 12.1 Å². The van der Waals surface area contributed by atoms with Crippen molar-refractivity contribution in [2.45, 2.75) is 24.2 Å². The minimum Gasteiger partial charge on any atom is -0.340 e. The van der Waals surface area contributed by atoms with Crippen molar-refractivity contribution in [2.24, 2.45) is 0 Å². The van der Waals surface area contributed by atoms with Crippen LogP contribution in [0.3, 0.4) is 0 Å². The first kappa shape index (κ1) is 13.1. The third-order valence-electron chi connectivity index (χ3n) is 3.42. The van der Waals surface area contributed by atoms with E-state index in [1.807, 2.05) is 0 Å². The molecule has 0 amide bonds. The topological polar surface area (TPSA) is 72.0 Å². The zero-order valence-electron chi connectivity index (χ0n) is 11.1. The van der Waals surface area contributed by atoms with Crippen molar-refractivity contribution in [1.82, 2.24) is 9.97 Å². The summed E-state index contributed by atoms with van der Waals surface area (Å²) in [4.78, 5) is 8.87. The molecule has 0 saturated carbocycles. The predicted molar refractivity (Wildman–Crippen MR) is 76.9 cm³/mol. The summed E-state index contributed by atoms with van der Waals surface area (Å²) in [6.45, 7) is 0. The molecule has 1 heterocycles. The van der Waals surface area contributed by atoms with Gasteiger partial charge in [-0.2, -0.15) is 0 Å². The molecule has 1 aliphatic rings. The van der Waals surface area contributed by atoms with Crippen LogP contribution in [0.5, 0.6) is 0 Å². The van der Waals surface area contributed by atoms with Crippen LogP contribution in [0.2, 0.25) is 0 Å². The van der Waals surface area contributed by atoms with Gasteiger partial charge in [0.25, 0.3) is 0 Å². The van der Waals surface area contributed by atoms with Gasteiger partial charge in [-0.15, -0.1) is 0 Å². The third kappa shape index (κ3) is 2.51. The maximum absolute atomic E-state index is 11.4. The fourth-order valence-corrected chi connectivity index (χ4v) is 3.02. The molecule has 6 heteroatoms. The number of benzene rings is 1. The zero-order chi connectivity index (χ0) is 14.2. The van der Waals surface area contributed by atoms with Crippen LogP contribution in [-0.2, 0) is 22.7 Å². The van der Waals surface area contributed by atoms with Crippen LogP contribution < -0.4 is 5.32 Å². The highest BCUT2D eigenvalue weighted by atomic mass is 32.2. The summed E-state index contributed by atoms with van der Waals surface area (Å²) >= 11 is 0. The van der Waals surface area contributed by atoms with E-state index in [0.717, 1.165) is 36.5 Å². The first-order valence-corrected chi connectivity index (χ1v) is 8.33. The van der Waals surface area contributed by atoms with E-state index in [9.17, 15) is 8.42 Å². The second kappa shape index (κ2) is 4.86. The molecule has 104 valence electrons. The molecule has 20 heavy (non-hydrogen) atoms. The number of rotatable bonds is 3. The normalized spacial score (nSPS) is 14.1. The molecular formula is C14H15N3O2S. The Balaban J connectivity index is 1.87. The van der Waals surface area contributed by atoms with Gasteiger partial charge >= 0.3 is 0 Å². The van der Waals surface area contributed by atoms with E-state index in [-0.39, 0.29) is 0 Å². The van der Waals surface area contributed by atoms with Crippen LogP contribution in [0.25, 0.3) is 0 Å². The van der Waals surface area contributed by atoms with E-state index < -0.39 is 9.84 Å². The number of fused-ring (bicyclic) bond motifs is 1. The van der Waals surface area contributed by atoms with Crippen molar-refractivity contribution >= 4 is 21.3 Å². The molecule has 0 unspecified atom stereocenters. The monoisotopic (exact) mass is 289 g/mol. The molecule has 0 atom stereocenters. The lowest BCUT2D eigenvalue weighted by atomic mass is 10.2. The Morgan fingerprint density at radius 2 is 1.85 bits per heavy atom.